The summed E-state index contributed by atoms with van der Waals surface area (Å²) >= 11 is 0. The maximum atomic E-state index is 11.4. The molecule has 1 aromatic carbocycles. The molecule has 2 unspecified atom stereocenters. The number of rotatable bonds is 3. The molecule has 0 N–H and O–H groups in total. The van der Waals surface area contributed by atoms with Crippen molar-refractivity contribution < 1.29 is 33.2 Å². The molecule has 26 heavy (non-hydrogen) atoms. The van der Waals surface area contributed by atoms with Crippen molar-refractivity contribution in [2.45, 2.75) is 62.2 Å². The summed E-state index contributed by atoms with van der Waals surface area (Å²) in [5.41, 5.74) is 1.04. The van der Waals surface area contributed by atoms with Crippen LogP contribution in [0.3, 0.4) is 0 Å². The molecule has 5 rings (SSSR count). The van der Waals surface area contributed by atoms with Gasteiger partial charge in [-0.2, -0.15) is 0 Å². The molecule has 7 nitrogen and oxygen atoms in total. The molecule has 1 aliphatic carbocycles. The van der Waals surface area contributed by atoms with Crippen LogP contribution in [-0.2, 0) is 28.5 Å². The molecule has 140 valence electrons. The molecular formula is C19H22O7. The fourth-order valence-electron chi connectivity index (χ4n) is 4.45. The molecule has 7 atom stereocenters. The Kier molecular flexibility index (Phi) is 3.76. The lowest BCUT2D eigenvalue weighted by molar-refractivity contribution is -0.404. The number of fused-ring (bicyclic) bond motifs is 2. The molecule has 7 heteroatoms. The topological polar surface area (TPSA) is 75.8 Å². The Balaban J connectivity index is 1.42. The fraction of sp³-hybridized carbons (Fsp3) is 0.632. The highest BCUT2D eigenvalue weighted by atomic mass is 16.8. The number of carbonyl (C=O) groups excluding carboxylic acids is 1. The molecule has 3 aliphatic heterocycles. The minimum atomic E-state index is -0.882. The van der Waals surface area contributed by atoms with Gasteiger partial charge in [-0.1, -0.05) is 12.1 Å². The van der Waals surface area contributed by atoms with Gasteiger partial charge in [0.2, 0.25) is 5.79 Å². The third-order valence-corrected chi connectivity index (χ3v) is 5.66. The van der Waals surface area contributed by atoms with Crippen molar-refractivity contribution in [3.8, 4) is 5.75 Å². The van der Waals surface area contributed by atoms with Crippen LogP contribution in [0.2, 0.25) is 0 Å². The third kappa shape index (κ3) is 2.45. The zero-order valence-corrected chi connectivity index (χ0v) is 14.8. The minimum Gasteiger partial charge on any atom is -0.497 e. The summed E-state index contributed by atoms with van der Waals surface area (Å²) in [5, 5.41) is 0. The Labute approximate surface area is 151 Å². The van der Waals surface area contributed by atoms with Gasteiger partial charge in [-0.05, 0) is 17.7 Å². The first kappa shape index (κ1) is 16.5. The molecule has 3 heterocycles. The Morgan fingerprint density at radius 2 is 2.04 bits per heavy atom. The van der Waals surface area contributed by atoms with Gasteiger partial charge < -0.3 is 28.4 Å². The summed E-state index contributed by atoms with van der Waals surface area (Å²) in [7, 11) is 1.64. The number of benzene rings is 1. The summed E-state index contributed by atoms with van der Waals surface area (Å²) in [6.07, 6.45) is -0.120. The van der Waals surface area contributed by atoms with Gasteiger partial charge in [0, 0.05) is 19.8 Å². The van der Waals surface area contributed by atoms with E-state index >= 15 is 0 Å². The van der Waals surface area contributed by atoms with Crippen molar-refractivity contribution in [3.05, 3.63) is 29.8 Å². The molecule has 1 saturated carbocycles. The van der Waals surface area contributed by atoms with Gasteiger partial charge in [0.25, 0.3) is 0 Å². The van der Waals surface area contributed by atoms with Crippen LogP contribution in [0, 0.1) is 0 Å². The van der Waals surface area contributed by atoms with Crippen molar-refractivity contribution in [2.75, 3.05) is 13.7 Å². The number of carbonyl (C=O) groups is 1. The summed E-state index contributed by atoms with van der Waals surface area (Å²) < 4.78 is 35.3. The summed E-state index contributed by atoms with van der Waals surface area (Å²) in [4.78, 5) is 11.4. The van der Waals surface area contributed by atoms with Crippen LogP contribution in [0.15, 0.2) is 24.3 Å². The number of hydrogen-bond acceptors (Lipinski definition) is 7. The normalized spacial score (nSPS) is 43.0. The van der Waals surface area contributed by atoms with Gasteiger partial charge in [0.1, 0.15) is 36.3 Å². The van der Waals surface area contributed by atoms with Gasteiger partial charge in [0.15, 0.2) is 0 Å². The van der Waals surface area contributed by atoms with Gasteiger partial charge >= 0.3 is 5.97 Å². The number of ether oxygens (including phenoxy) is 6. The first-order valence-corrected chi connectivity index (χ1v) is 9.04. The highest BCUT2D eigenvalue weighted by Gasteiger charge is 2.72. The zero-order chi connectivity index (χ0) is 17.9. The molecule has 0 amide bonds. The molecule has 0 radical (unpaired) electrons. The van der Waals surface area contributed by atoms with Gasteiger partial charge in [0.05, 0.1) is 19.8 Å². The lowest BCUT2D eigenvalue weighted by Crippen LogP contribution is -2.66. The van der Waals surface area contributed by atoms with Crippen LogP contribution >= 0.6 is 0 Å². The van der Waals surface area contributed by atoms with Crippen LogP contribution in [0.5, 0.6) is 5.75 Å². The number of esters is 1. The van der Waals surface area contributed by atoms with E-state index in [4.69, 9.17) is 28.4 Å². The second-order valence-electron chi connectivity index (χ2n) is 7.24. The number of methoxy groups -OCH3 is 1. The van der Waals surface area contributed by atoms with Crippen molar-refractivity contribution in [1.82, 2.24) is 0 Å². The molecule has 4 fully saturated rings. The number of epoxide rings is 1. The molecule has 3 saturated heterocycles. The molecular weight excluding hydrogens is 340 g/mol. The molecule has 1 aromatic rings. The first-order chi connectivity index (χ1) is 12.6. The maximum Gasteiger partial charge on any atom is 0.302 e. The first-order valence-electron chi connectivity index (χ1n) is 9.04. The standard InChI is InChI=1S/C19H22O7/c1-10(20)23-14-9-15-19(18-17(14)25-18)22-8-7-13(26-19)16(24-15)11-3-5-12(21-2)6-4-11/h3-6,13-18H,7-9H2,1-2H3/t13-,14?,15+,16+,17+,18+,19?/m1/s1. The van der Waals surface area contributed by atoms with E-state index in [1.807, 2.05) is 24.3 Å². The van der Waals surface area contributed by atoms with E-state index in [1.54, 1.807) is 7.11 Å². The second-order valence-corrected chi connectivity index (χ2v) is 7.24. The van der Waals surface area contributed by atoms with Gasteiger partial charge in [-0.3, -0.25) is 4.79 Å². The Hall–Kier alpha value is -1.67. The second kappa shape index (κ2) is 5.92. The van der Waals surface area contributed by atoms with Crippen molar-refractivity contribution in [1.29, 1.82) is 0 Å². The average molecular weight is 362 g/mol. The average Bonchev–Trinajstić information content (AvgIpc) is 3.45. The third-order valence-electron chi connectivity index (χ3n) is 5.66. The highest BCUT2D eigenvalue weighted by molar-refractivity contribution is 5.66. The molecule has 4 aliphatic rings. The van der Waals surface area contributed by atoms with E-state index < -0.39 is 5.79 Å². The minimum absolute atomic E-state index is 0.0940. The quantitative estimate of drug-likeness (QED) is 0.599. The molecule has 2 bridgehead atoms. The molecule has 0 aromatic heterocycles. The van der Waals surface area contributed by atoms with Crippen molar-refractivity contribution in [2.24, 2.45) is 0 Å². The lowest BCUT2D eigenvalue weighted by Gasteiger charge is -2.53. The molecule has 1 spiro atoms. The smallest absolute Gasteiger partial charge is 0.302 e. The van der Waals surface area contributed by atoms with E-state index in [-0.39, 0.29) is 42.6 Å². The van der Waals surface area contributed by atoms with Crippen molar-refractivity contribution in [3.63, 3.8) is 0 Å². The van der Waals surface area contributed by atoms with E-state index in [9.17, 15) is 4.79 Å². The zero-order valence-electron chi connectivity index (χ0n) is 14.8. The fourth-order valence-corrected chi connectivity index (χ4v) is 4.45. The summed E-state index contributed by atoms with van der Waals surface area (Å²) in [6.45, 7) is 2.01. The predicted molar refractivity (Wildman–Crippen MR) is 87.6 cm³/mol. The van der Waals surface area contributed by atoms with E-state index in [0.29, 0.717) is 13.0 Å². The number of hydrogen-bond donors (Lipinski definition) is 0. The Bertz CT molecular complexity index is 704. The van der Waals surface area contributed by atoms with Gasteiger partial charge in [-0.15, -0.1) is 0 Å². The largest absolute Gasteiger partial charge is 0.497 e. The summed E-state index contributed by atoms with van der Waals surface area (Å²) in [6, 6.07) is 7.83. The van der Waals surface area contributed by atoms with Crippen molar-refractivity contribution >= 4 is 5.97 Å². The Morgan fingerprint density at radius 3 is 2.77 bits per heavy atom. The van der Waals surface area contributed by atoms with Crippen LogP contribution < -0.4 is 4.74 Å². The highest BCUT2D eigenvalue weighted by Crippen LogP contribution is 2.55. The van der Waals surface area contributed by atoms with E-state index in [0.717, 1.165) is 17.7 Å². The lowest BCUT2D eigenvalue weighted by atomic mass is 9.85. The van der Waals surface area contributed by atoms with Crippen LogP contribution in [0.4, 0.5) is 0 Å². The maximum absolute atomic E-state index is 11.4. The van der Waals surface area contributed by atoms with Crippen LogP contribution in [0.25, 0.3) is 0 Å². The summed E-state index contributed by atoms with van der Waals surface area (Å²) in [5.74, 6) is -0.396. The predicted octanol–water partition coefficient (Wildman–Crippen LogP) is 1.74. The van der Waals surface area contributed by atoms with Crippen LogP contribution in [0.1, 0.15) is 31.4 Å². The Morgan fingerprint density at radius 1 is 1.23 bits per heavy atom. The van der Waals surface area contributed by atoms with E-state index in [2.05, 4.69) is 0 Å². The SMILES string of the molecule is COc1ccc([C@@H]2O[C@H]3CC(OC(C)=O)[C@@H]4O[C@@H]4C34OCC[C@H]2O4)cc1. The van der Waals surface area contributed by atoms with E-state index in [1.165, 1.54) is 6.92 Å². The van der Waals surface area contributed by atoms with Crippen LogP contribution in [-0.4, -0.2) is 56.0 Å². The monoisotopic (exact) mass is 362 g/mol. The van der Waals surface area contributed by atoms with Gasteiger partial charge in [-0.25, -0.2) is 0 Å².